The predicted molar refractivity (Wildman–Crippen MR) is 73.1 cm³/mol. The molecule has 2 nitrogen and oxygen atoms in total. The summed E-state index contributed by atoms with van der Waals surface area (Å²) < 4.78 is 0. The Balaban J connectivity index is 1.99. The molecule has 2 rings (SSSR count). The highest BCUT2D eigenvalue weighted by molar-refractivity contribution is 5.18. The molecule has 1 fully saturated rings. The Morgan fingerprint density at radius 3 is 2.22 bits per heavy atom. The van der Waals surface area contributed by atoms with Crippen LogP contribution in [0.4, 0.5) is 0 Å². The van der Waals surface area contributed by atoms with Gasteiger partial charge in [-0.05, 0) is 24.3 Å². The van der Waals surface area contributed by atoms with Crippen molar-refractivity contribution in [1.82, 2.24) is 0 Å². The molecule has 18 heavy (non-hydrogen) atoms. The van der Waals surface area contributed by atoms with Crippen LogP contribution in [0.5, 0.6) is 0 Å². The summed E-state index contributed by atoms with van der Waals surface area (Å²) in [5.74, 6) is 0.266. The van der Waals surface area contributed by atoms with E-state index in [0.717, 1.165) is 18.4 Å². The van der Waals surface area contributed by atoms with E-state index in [2.05, 4.69) is 0 Å². The zero-order valence-corrected chi connectivity index (χ0v) is 11.1. The molecule has 1 aliphatic rings. The minimum absolute atomic E-state index is 0.101. The molecule has 0 amide bonds. The van der Waals surface area contributed by atoms with Gasteiger partial charge < -0.3 is 10.2 Å². The maximum absolute atomic E-state index is 10.4. The monoisotopic (exact) mass is 248 g/mol. The fourth-order valence-electron chi connectivity index (χ4n) is 3.05. The zero-order chi connectivity index (χ0) is 13.0. The first-order valence-electron chi connectivity index (χ1n) is 7.11. The molecule has 1 aromatic carbocycles. The molecule has 2 heteroatoms. The highest BCUT2D eigenvalue weighted by Crippen LogP contribution is 2.34. The summed E-state index contributed by atoms with van der Waals surface area (Å²) in [5, 5.41) is 20.7. The minimum Gasteiger partial charge on any atom is -0.392 e. The first kappa shape index (κ1) is 13.6. The Bertz CT molecular complexity index is 343. The highest BCUT2D eigenvalue weighted by atomic mass is 16.3. The molecule has 0 heterocycles. The van der Waals surface area contributed by atoms with E-state index in [1.165, 1.54) is 19.3 Å². The summed E-state index contributed by atoms with van der Waals surface area (Å²) in [7, 11) is 0. The fourth-order valence-corrected chi connectivity index (χ4v) is 3.05. The Kier molecular flexibility index (Phi) is 4.79. The van der Waals surface area contributed by atoms with Gasteiger partial charge in [-0.2, -0.15) is 0 Å². The van der Waals surface area contributed by atoms with Gasteiger partial charge in [0.1, 0.15) is 0 Å². The van der Waals surface area contributed by atoms with Crippen LogP contribution in [0.25, 0.3) is 0 Å². The quantitative estimate of drug-likeness (QED) is 0.858. The molecule has 0 saturated heterocycles. The van der Waals surface area contributed by atoms with Gasteiger partial charge in [-0.25, -0.2) is 0 Å². The summed E-state index contributed by atoms with van der Waals surface area (Å²) in [6.07, 6.45) is 4.98. The van der Waals surface area contributed by atoms with E-state index >= 15 is 0 Å². The van der Waals surface area contributed by atoms with Crippen LogP contribution < -0.4 is 0 Å². The molecular weight excluding hydrogens is 224 g/mol. The maximum atomic E-state index is 10.4. The summed E-state index contributed by atoms with van der Waals surface area (Å²) in [4.78, 5) is 0. The molecule has 1 aliphatic carbocycles. The second-order valence-electron chi connectivity index (χ2n) is 5.60. The van der Waals surface area contributed by atoms with Crippen LogP contribution >= 0.6 is 0 Å². The van der Waals surface area contributed by atoms with Crippen LogP contribution in [-0.4, -0.2) is 16.3 Å². The van der Waals surface area contributed by atoms with Gasteiger partial charge in [0.25, 0.3) is 0 Å². The third-order valence-corrected chi connectivity index (χ3v) is 4.31. The third-order valence-electron chi connectivity index (χ3n) is 4.31. The highest BCUT2D eigenvalue weighted by Gasteiger charge is 2.30. The van der Waals surface area contributed by atoms with Gasteiger partial charge in [-0.3, -0.25) is 0 Å². The van der Waals surface area contributed by atoms with Crippen molar-refractivity contribution >= 4 is 0 Å². The van der Waals surface area contributed by atoms with Crippen molar-refractivity contribution in [2.24, 2.45) is 11.8 Å². The predicted octanol–water partition coefficient (Wildman–Crippen LogP) is 3.30. The molecule has 100 valence electrons. The number of hydrogen-bond donors (Lipinski definition) is 2. The smallest absolute Gasteiger partial charge is 0.0840 e. The van der Waals surface area contributed by atoms with Crippen LogP contribution in [0.2, 0.25) is 0 Å². The van der Waals surface area contributed by atoms with Gasteiger partial charge in [0.05, 0.1) is 12.2 Å². The molecular formula is C16H24O2. The van der Waals surface area contributed by atoms with Crippen LogP contribution in [0.1, 0.15) is 50.7 Å². The van der Waals surface area contributed by atoms with Gasteiger partial charge in [-0.1, -0.05) is 56.5 Å². The Labute approximate surface area is 110 Å². The van der Waals surface area contributed by atoms with Crippen molar-refractivity contribution in [2.75, 3.05) is 0 Å². The van der Waals surface area contributed by atoms with Gasteiger partial charge in [0.15, 0.2) is 0 Å². The maximum Gasteiger partial charge on any atom is 0.0840 e. The number of aliphatic hydroxyl groups excluding tert-OH is 2. The van der Waals surface area contributed by atoms with E-state index < -0.39 is 6.10 Å². The minimum atomic E-state index is -0.567. The molecule has 1 saturated carbocycles. The van der Waals surface area contributed by atoms with Gasteiger partial charge in [-0.15, -0.1) is 0 Å². The lowest BCUT2D eigenvalue weighted by atomic mass is 9.78. The topological polar surface area (TPSA) is 40.5 Å². The summed E-state index contributed by atoms with van der Waals surface area (Å²) in [6, 6.07) is 9.65. The fraction of sp³-hybridized carbons (Fsp3) is 0.625. The standard InChI is InChI=1S/C16H24O2/c1-12(15(17)13-8-4-2-5-9-13)16(18)14-10-6-3-7-11-14/h2,4-5,8-9,12,14-18H,3,6-7,10-11H2,1H3/t12?,15-,16-/m0/s1. The number of benzene rings is 1. The Morgan fingerprint density at radius 1 is 1.00 bits per heavy atom. The van der Waals surface area contributed by atoms with E-state index in [1.807, 2.05) is 37.3 Å². The molecule has 3 atom stereocenters. The Morgan fingerprint density at radius 2 is 1.61 bits per heavy atom. The van der Waals surface area contributed by atoms with Gasteiger partial charge >= 0.3 is 0 Å². The average Bonchev–Trinajstić information content (AvgIpc) is 2.47. The lowest BCUT2D eigenvalue weighted by Crippen LogP contribution is -2.32. The van der Waals surface area contributed by atoms with Crippen molar-refractivity contribution in [3.05, 3.63) is 35.9 Å². The van der Waals surface area contributed by atoms with Crippen molar-refractivity contribution in [2.45, 2.75) is 51.2 Å². The number of aliphatic hydroxyl groups is 2. The van der Waals surface area contributed by atoms with E-state index in [1.54, 1.807) is 0 Å². The number of hydrogen-bond acceptors (Lipinski definition) is 2. The molecule has 0 radical (unpaired) electrons. The Hall–Kier alpha value is -0.860. The molecule has 0 aliphatic heterocycles. The number of rotatable bonds is 4. The molecule has 0 bridgehead atoms. The van der Waals surface area contributed by atoms with Crippen LogP contribution in [-0.2, 0) is 0 Å². The molecule has 1 aromatic rings. The van der Waals surface area contributed by atoms with Crippen LogP contribution in [0.15, 0.2) is 30.3 Å². The third kappa shape index (κ3) is 3.12. The molecule has 0 aromatic heterocycles. The average molecular weight is 248 g/mol. The van der Waals surface area contributed by atoms with E-state index in [9.17, 15) is 10.2 Å². The lowest BCUT2D eigenvalue weighted by Gasteiger charge is -2.33. The molecule has 0 spiro atoms. The van der Waals surface area contributed by atoms with Crippen LogP contribution in [0, 0.1) is 11.8 Å². The van der Waals surface area contributed by atoms with Crippen molar-refractivity contribution in [3.63, 3.8) is 0 Å². The summed E-state index contributed by atoms with van der Waals surface area (Å²) in [6.45, 7) is 1.96. The van der Waals surface area contributed by atoms with Gasteiger partial charge in [0.2, 0.25) is 0 Å². The van der Waals surface area contributed by atoms with E-state index in [4.69, 9.17) is 0 Å². The second kappa shape index (κ2) is 6.35. The van der Waals surface area contributed by atoms with Crippen molar-refractivity contribution in [3.8, 4) is 0 Å². The summed E-state index contributed by atoms with van der Waals surface area (Å²) in [5.41, 5.74) is 0.903. The molecule has 2 N–H and O–H groups in total. The van der Waals surface area contributed by atoms with E-state index in [0.29, 0.717) is 5.92 Å². The van der Waals surface area contributed by atoms with Crippen LogP contribution in [0.3, 0.4) is 0 Å². The summed E-state index contributed by atoms with van der Waals surface area (Å²) >= 11 is 0. The molecule has 1 unspecified atom stereocenters. The first-order valence-corrected chi connectivity index (χ1v) is 7.11. The van der Waals surface area contributed by atoms with Crippen molar-refractivity contribution < 1.29 is 10.2 Å². The zero-order valence-electron chi connectivity index (χ0n) is 11.1. The largest absolute Gasteiger partial charge is 0.392 e. The lowest BCUT2D eigenvalue weighted by molar-refractivity contribution is -0.0207. The van der Waals surface area contributed by atoms with Gasteiger partial charge in [0, 0.05) is 5.92 Å². The normalized spacial score (nSPS) is 22.4. The second-order valence-corrected chi connectivity index (χ2v) is 5.60. The van der Waals surface area contributed by atoms with Crippen molar-refractivity contribution in [1.29, 1.82) is 0 Å². The van der Waals surface area contributed by atoms with E-state index in [-0.39, 0.29) is 12.0 Å². The SMILES string of the molecule is CC([C@H](O)C1CCCCC1)[C@H](O)c1ccccc1. The first-order chi connectivity index (χ1) is 8.70.